The monoisotopic (exact) mass is 364 g/mol. The van der Waals surface area contributed by atoms with Crippen LogP contribution in [0.15, 0.2) is 25.0 Å². The second-order valence-electron chi connectivity index (χ2n) is 3.32. The van der Waals surface area contributed by atoms with E-state index in [1.54, 1.807) is 11.3 Å². The normalized spacial score (nSPS) is 10.9. The van der Waals surface area contributed by atoms with Crippen LogP contribution in [0.2, 0.25) is 0 Å². The summed E-state index contributed by atoms with van der Waals surface area (Å²) in [6, 6.07) is 1.95. The zero-order valence-electron chi connectivity index (χ0n) is 8.59. The Morgan fingerprint density at radius 2 is 2.25 bits per heavy atom. The Balaban J connectivity index is 1.84. The Labute approximate surface area is 115 Å². The summed E-state index contributed by atoms with van der Waals surface area (Å²) in [5.41, 5.74) is 1.07. The van der Waals surface area contributed by atoms with Crippen molar-refractivity contribution >= 4 is 43.2 Å². The van der Waals surface area contributed by atoms with Crippen molar-refractivity contribution in [1.29, 1.82) is 0 Å². The molecule has 0 aliphatic rings. The van der Waals surface area contributed by atoms with Gasteiger partial charge in [0, 0.05) is 17.6 Å². The summed E-state index contributed by atoms with van der Waals surface area (Å²) in [4.78, 5) is 4.37. The summed E-state index contributed by atoms with van der Waals surface area (Å²) in [5.74, 6) is 0.895. The lowest BCUT2D eigenvalue weighted by Gasteiger charge is -1.98. The van der Waals surface area contributed by atoms with Gasteiger partial charge in [-0.25, -0.2) is 4.98 Å². The van der Waals surface area contributed by atoms with E-state index in [0.717, 1.165) is 32.1 Å². The van der Waals surface area contributed by atoms with Crippen LogP contribution in [0.3, 0.4) is 0 Å². The number of thiazole rings is 1. The lowest BCUT2D eigenvalue weighted by Crippen LogP contribution is -2.11. The molecular formula is C10H10Br2N2OS. The molecule has 1 N–H and O–H groups in total. The number of furan rings is 1. The van der Waals surface area contributed by atoms with Crippen molar-refractivity contribution in [1.82, 2.24) is 10.3 Å². The smallest absolute Gasteiger partial charge is 0.183 e. The van der Waals surface area contributed by atoms with E-state index in [0.29, 0.717) is 6.54 Å². The molecule has 0 aromatic carbocycles. The molecule has 0 aliphatic carbocycles. The van der Waals surface area contributed by atoms with Crippen LogP contribution in [0, 0.1) is 6.92 Å². The molecule has 86 valence electrons. The van der Waals surface area contributed by atoms with Crippen LogP contribution in [0.4, 0.5) is 0 Å². The van der Waals surface area contributed by atoms with Gasteiger partial charge < -0.3 is 9.73 Å². The molecule has 2 rings (SSSR count). The molecular weight excluding hydrogens is 356 g/mol. The van der Waals surface area contributed by atoms with E-state index in [4.69, 9.17) is 4.42 Å². The molecule has 2 aromatic rings. The second-order valence-corrected chi connectivity index (χ2v) is 5.84. The van der Waals surface area contributed by atoms with Crippen LogP contribution in [0.1, 0.15) is 16.5 Å². The summed E-state index contributed by atoms with van der Waals surface area (Å²) in [5, 5.41) is 6.44. The quantitative estimate of drug-likeness (QED) is 0.893. The molecule has 16 heavy (non-hydrogen) atoms. The largest absolute Gasteiger partial charge is 0.452 e. The van der Waals surface area contributed by atoms with Gasteiger partial charge in [-0.2, -0.15) is 0 Å². The Kier molecular flexibility index (Phi) is 4.18. The summed E-state index contributed by atoms with van der Waals surface area (Å²) in [6.07, 6.45) is 0. The molecule has 0 radical (unpaired) electrons. The number of aryl methyl sites for hydroxylation is 1. The first kappa shape index (κ1) is 12.3. The first-order valence-electron chi connectivity index (χ1n) is 4.70. The third-order valence-electron chi connectivity index (χ3n) is 1.94. The van der Waals surface area contributed by atoms with E-state index in [1.807, 2.05) is 13.0 Å². The number of nitrogens with zero attached hydrogens (tertiary/aromatic N) is 1. The predicted octanol–water partition coefficient (Wildman–Crippen LogP) is 3.86. The maximum absolute atomic E-state index is 5.45. The average Bonchev–Trinajstić information content (AvgIpc) is 2.75. The maximum atomic E-state index is 5.45. The number of nitrogens with one attached hydrogen (secondary N) is 1. The molecule has 0 fully saturated rings. The van der Waals surface area contributed by atoms with Crippen molar-refractivity contribution in [2.24, 2.45) is 0 Å². The molecule has 0 unspecified atom stereocenters. The zero-order chi connectivity index (χ0) is 11.5. The van der Waals surface area contributed by atoms with Gasteiger partial charge in [-0.15, -0.1) is 11.3 Å². The molecule has 2 heterocycles. The molecule has 0 bridgehead atoms. The lowest BCUT2D eigenvalue weighted by atomic mass is 10.4. The van der Waals surface area contributed by atoms with E-state index >= 15 is 0 Å². The van der Waals surface area contributed by atoms with Crippen LogP contribution >= 0.6 is 43.2 Å². The van der Waals surface area contributed by atoms with E-state index in [9.17, 15) is 0 Å². The van der Waals surface area contributed by atoms with Crippen molar-refractivity contribution < 1.29 is 4.42 Å². The third-order valence-corrected chi connectivity index (χ3v) is 4.62. The number of rotatable bonds is 4. The van der Waals surface area contributed by atoms with Gasteiger partial charge in [0.15, 0.2) is 4.67 Å². The van der Waals surface area contributed by atoms with Crippen LogP contribution in [-0.4, -0.2) is 4.98 Å². The van der Waals surface area contributed by atoms with Crippen molar-refractivity contribution in [2.45, 2.75) is 20.0 Å². The van der Waals surface area contributed by atoms with Crippen LogP contribution in [0.5, 0.6) is 0 Å². The van der Waals surface area contributed by atoms with Gasteiger partial charge in [0.05, 0.1) is 11.0 Å². The van der Waals surface area contributed by atoms with Gasteiger partial charge in [0.2, 0.25) is 0 Å². The van der Waals surface area contributed by atoms with E-state index in [-0.39, 0.29) is 0 Å². The van der Waals surface area contributed by atoms with Crippen LogP contribution < -0.4 is 5.32 Å². The predicted molar refractivity (Wildman–Crippen MR) is 71.5 cm³/mol. The Morgan fingerprint density at radius 3 is 2.81 bits per heavy atom. The van der Waals surface area contributed by atoms with Gasteiger partial charge in [-0.05, 0) is 44.8 Å². The molecule has 6 heteroatoms. The molecule has 0 aliphatic heterocycles. The lowest BCUT2D eigenvalue weighted by molar-refractivity contribution is 0.464. The minimum atomic E-state index is 0.697. The van der Waals surface area contributed by atoms with Gasteiger partial charge in [-0.1, -0.05) is 0 Å². The fraction of sp³-hybridized carbons (Fsp3) is 0.300. The van der Waals surface area contributed by atoms with E-state index in [2.05, 4.69) is 47.5 Å². The first-order valence-corrected chi connectivity index (χ1v) is 7.17. The van der Waals surface area contributed by atoms with E-state index < -0.39 is 0 Å². The highest BCUT2D eigenvalue weighted by molar-refractivity contribution is 9.13. The highest BCUT2D eigenvalue weighted by Gasteiger charge is 2.05. The summed E-state index contributed by atoms with van der Waals surface area (Å²) < 4.78 is 7.12. The Hall–Kier alpha value is -0.170. The first-order chi connectivity index (χ1) is 7.65. The van der Waals surface area contributed by atoms with E-state index in [1.165, 1.54) is 0 Å². The highest BCUT2D eigenvalue weighted by Crippen LogP contribution is 2.26. The van der Waals surface area contributed by atoms with Gasteiger partial charge in [0.25, 0.3) is 0 Å². The van der Waals surface area contributed by atoms with Gasteiger partial charge in [0.1, 0.15) is 10.8 Å². The fourth-order valence-electron chi connectivity index (χ4n) is 1.26. The second kappa shape index (κ2) is 5.44. The molecule has 3 nitrogen and oxygen atoms in total. The minimum Gasteiger partial charge on any atom is -0.452 e. The molecule has 0 atom stereocenters. The molecule has 2 aromatic heterocycles. The number of hydrogen-bond acceptors (Lipinski definition) is 4. The highest BCUT2D eigenvalue weighted by atomic mass is 79.9. The Bertz CT molecular complexity index is 461. The molecule has 0 amide bonds. The number of aromatic nitrogens is 1. The summed E-state index contributed by atoms with van der Waals surface area (Å²) in [6.45, 7) is 3.47. The molecule has 0 saturated carbocycles. The van der Waals surface area contributed by atoms with Gasteiger partial charge in [-0.3, -0.25) is 0 Å². The standard InChI is InChI=1S/C10H10Br2N2OS/c1-6-5-16-9(14-6)4-13-3-7-2-8(11)10(12)15-7/h2,5,13H,3-4H2,1H3. The number of halogens is 2. The van der Waals surface area contributed by atoms with Crippen LogP contribution in [-0.2, 0) is 13.1 Å². The third kappa shape index (κ3) is 3.16. The van der Waals surface area contributed by atoms with Crippen molar-refractivity contribution in [3.8, 4) is 0 Å². The maximum Gasteiger partial charge on any atom is 0.183 e. The van der Waals surface area contributed by atoms with Gasteiger partial charge >= 0.3 is 0 Å². The SMILES string of the molecule is Cc1csc(CNCc2cc(Br)c(Br)o2)n1. The fourth-order valence-corrected chi connectivity index (χ4v) is 2.66. The Morgan fingerprint density at radius 1 is 1.44 bits per heavy atom. The van der Waals surface area contributed by atoms with Crippen molar-refractivity contribution in [2.75, 3.05) is 0 Å². The average molecular weight is 366 g/mol. The molecule has 0 spiro atoms. The minimum absolute atomic E-state index is 0.697. The zero-order valence-corrected chi connectivity index (χ0v) is 12.6. The van der Waals surface area contributed by atoms with Crippen molar-refractivity contribution in [3.63, 3.8) is 0 Å². The summed E-state index contributed by atoms with van der Waals surface area (Å²) in [7, 11) is 0. The summed E-state index contributed by atoms with van der Waals surface area (Å²) >= 11 is 8.35. The van der Waals surface area contributed by atoms with Crippen LogP contribution in [0.25, 0.3) is 0 Å². The van der Waals surface area contributed by atoms with Crippen molar-refractivity contribution in [3.05, 3.63) is 37.1 Å². The number of hydrogen-bond donors (Lipinski definition) is 1. The molecule has 0 saturated heterocycles. The topological polar surface area (TPSA) is 38.1 Å².